The zero-order valence-electron chi connectivity index (χ0n) is 20.4. The molecule has 3 nitrogen and oxygen atoms in total. The van der Waals surface area contributed by atoms with Gasteiger partial charge in [-0.3, -0.25) is 4.90 Å². The van der Waals surface area contributed by atoms with Crippen molar-refractivity contribution in [3.63, 3.8) is 0 Å². The molecule has 0 amide bonds. The molecule has 0 radical (unpaired) electrons. The largest absolute Gasteiger partial charge is 0.459 e. The first kappa shape index (κ1) is 23.8. The van der Waals surface area contributed by atoms with Crippen molar-refractivity contribution in [2.75, 3.05) is 0 Å². The quantitative estimate of drug-likeness (QED) is 0.359. The Hall–Kier alpha value is -2.40. The van der Waals surface area contributed by atoms with E-state index in [-0.39, 0.29) is 24.4 Å². The molecular formula is C29H36BNO2. The van der Waals surface area contributed by atoms with Crippen LogP contribution in [0.1, 0.15) is 44.4 Å². The second-order valence-corrected chi connectivity index (χ2v) is 10.1. The van der Waals surface area contributed by atoms with E-state index in [9.17, 15) is 0 Å². The van der Waals surface area contributed by atoms with Gasteiger partial charge >= 0.3 is 7.12 Å². The van der Waals surface area contributed by atoms with Crippen LogP contribution < -0.4 is 0 Å². The Bertz CT molecular complexity index is 934. The van der Waals surface area contributed by atoms with Gasteiger partial charge in [0.2, 0.25) is 0 Å². The van der Waals surface area contributed by atoms with Gasteiger partial charge in [-0.2, -0.15) is 0 Å². The molecule has 1 heterocycles. The van der Waals surface area contributed by atoms with Gasteiger partial charge in [-0.15, -0.1) is 0 Å². The van der Waals surface area contributed by atoms with E-state index in [0.29, 0.717) is 0 Å². The third-order valence-corrected chi connectivity index (χ3v) is 7.05. The molecule has 3 aromatic carbocycles. The van der Waals surface area contributed by atoms with E-state index >= 15 is 0 Å². The number of hydrogen-bond donors (Lipinski definition) is 0. The van der Waals surface area contributed by atoms with Crippen molar-refractivity contribution in [2.24, 2.45) is 0 Å². The van der Waals surface area contributed by atoms with Crippen LogP contribution in [0.25, 0.3) is 0 Å². The first-order chi connectivity index (χ1) is 15.8. The molecule has 0 aliphatic carbocycles. The van der Waals surface area contributed by atoms with Crippen molar-refractivity contribution in [1.82, 2.24) is 4.90 Å². The highest BCUT2D eigenvalue weighted by Gasteiger charge is 2.51. The summed E-state index contributed by atoms with van der Waals surface area (Å²) in [6, 6.07) is 32.5. The van der Waals surface area contributed by atoms with Crippen LogP contribution in [0.15, 0.2) is 91.0 Å². The monoisotopic (exact) mass is 441 g/mol. The predicted octanol–water partition coefficient (Wildman–Crippen LogP) is 6.39. The topological polar surface area (TPSA) is 21.7 Å². The lowest BCUT2D eigenvalue weighted by Crippen LogP contribution is -2.41. The van der Waals surface area contributed by atoms with E-state index < -0.39 is 0 Å². The van der Waals surface area contributed by atoms with Gasteiger partial charge in [-0.1, -0.05) is 91.0 Å². The summed E-state index contributed by atoms with van der Waals surface area (Å²) in [6.45, 7) is 10.3. The Kier molecular flexibility index (Phi) is 7.38. The lowest BCUT2D eigenvalue weighted by Gasteiger charge is -2.33. The Morgan fingerprint density at radius 2 is 1.03 bits per heavy atom. The van der Waals surface area contributed by atoms with E-state index in [0.717, 1.165) is 25.8 Å². The smallest absolute Gasteiger partial charge is 0.403 e. The Morgan fingerprint density at radius 1 is 0.636 bits per heavy atom. The van der Waals surface area contributed by atoms with E-state index in [1.165, 1.54) is 16.7 Å². The molecular weight excluding hydrogens is 405 g/mol. The average molecular weight is 441 g/mol. The SMILES string of the molecule is CC1(C)OB(CC(Cc2ccccc2)N(Cc2ccccc2)Cc2ccccc2)OC1(C)C. The number of benzene rings is 3. The van der Waals surface area contributed by atoms with E-state index in [1.54, 1.807) is 0 Å². The van der Waals surface area contributed by atoms with Gasteiger partial charge in [0.15, 0.2) is 0 Å². The summed E-state index contributed by atoms with van der Waals surface area (Å²) in [5, 5.41) is 0. The summed E-state index contributed by atoms with van der Waals surface area (Å²) in [7, 11) is -0.224. The lowest BCUT2D eigenvalue weighted by atomic mass is 9.78. The third-order valence-electron chi connectivity index (χ3n) is 7.05. The van der Waals surface area contributed by atoms with Crippen molar-refractivity contribution in [1.29, 1.82) is 0 Å². The van der Waals surface area contributed by atoms with Crippen LogP contribution in [-0.2, 0) is 28.8 Å². The minimum Gasteiger partial charge on any atom is -0.403 e. The van der Waals surface area contributed by atoms with Crippen LogP contribution in [0.3, 0.4) is 0 Å². The number of nitrogens with zero attached hydrogens (tertiary/aromatic N) is 1. The summed E-state index contributed by atoms with van der Waals surface area (Å²) in [5.74, 6) is 0. The fourth-order valence-electron chi connectivity index (χ4n) is 4.48. The highest BCUT2D eigenvalue weighted by Crippen LogP contribution is 2.38. The second kappa shape index (κ2) is 10.3. The Morgan fingerprint density at radius 3 is 1.45 bits per heavy atom. The maximum absolute atomic E-state index is 6.43. The first-order valence-corrected chi connectivity index (χ1v) is 12.0. The molecule has 1 aliphatic heterocycles. The summed E-state index contributed by atoms with van der Waals surface area (Å²) < 4.78 is 12.9. The molecule has 1 fully saturated rings. The molecule has 1 aliphatic rings. The molecule has 1 unspecified atom stereocenters. The minimum atomic E-state index is -0.321. The zero-order valence-corrected chi connectivity index (χ0v) is 20.4. The van der Waals surface area contributed by atoms with Gasteiger partial charge < -0.3 is 9.31 Å². The van der Waals surface area contributed by atoms with E-state index in [2.05, 4.69) is 124 Å². The van der Waals surface area contributed by atoms with Crippen LogP contribution in [0, 0.1) is 0 Å². The molecule has 4 heteroatoms. The van der Waals surface area contributed by atoms with E-state index in [1.807, 2.05) is 0 Å². The van der Waals surface area contributed by atoms with Crippen molar-refractivity contribution in [2.45, 2.75) is 70.8 Å². The van der Waals surface area contributed by atoms with Crippen molar-refractivity contribution in [3.8, 4) is 0 Å². The third kappa shape index (κ3) is 6.14. The molecule has 172 valence electrons. The molecule has 3 aromatic rings. The van der Waals surface area contributed by atoms with Crippen LogP contribution in [0.2, 0.25) is 6.32 Å². The van der Waals surface area contributed by atoms with Gasteiger partial charge in [-0.05, 0) is 57.1 Å². The zero-order chi connectivity index (χ0) is 23.3. The maximum Gasteiger partial charge on any atom is 0.459 e. The average Bonchev–Trinajstić information content (AvgIpc) is 3.00. The summed E-state index contributed by atoms with van der Waals surface area (Å²) >= 11 is 0. The summed E-state index contributed by atoms with van der Waals surface area (Å²) in [4.78, 5) is 2.59. The maximum atomic E-state index is 6.43. The molecule has 0 bridgehead atoms. The van der Waals surface area contributed by atoms with Crippen LogP contribution in [0.4, 0.5) is 0 Å². The van der Waals surface area contributed by atoms with Crippen LogP contribution in [-0.4, -0.2) is 29.3 Å². The summed E-state index contributed by atoms with van der Waals surface area (Å²) in [5.41, 5.74) is 3.34. The molecule has 0 aromatic heterocycles. The van der Waals surface area contributed by atoms with E-state index in [4.69, 9.17) is 9.31 Å². The Balaban J connectivity index is 1.62. The van der Waals surface area contributed by atoms with Crippen LogP contribution >= 0.6 is 0 Å². The molecule has 0 N–H and O–H groups in total. The minimum absolute atomic E-state index is 0.224. The number of rotatable bonds is 9. The first-order valence-electron chi connectivity index (χ1n) is 12.0. The fraction of sp³-hybridized carbons (Fsp3) is 0.379. The van der Waals surface area contributed by atoms with Gasteiger partial charge in [0.1, 0.15) is 0 Å². The molecule has 4 rings (SSSR count). The number of hydrogen-bond acceptors (Lipinski definition) is 3. The Labute approximate surface area is 199 Å². The molecule has 1 saturated heterocycles. The highest BCUT2D eigenvalue weighted by atomic mass is 16.7. The van der Waals surface area contributed by atoms with Crippen LogP contribution in [0.5, 0.6) is 0 Å². The standard InChI is InChI=1S/C29H36BNO2/c1-28(2)29(3,4)33-30(32-28)21-27(20-24-14-8-5-9-15-24)31(22-25-16-10-6-11-17-25)23-26-18-12-7-13-19-26/h5-19,27H,20-23H2,1-4H3. The van der Waals surface area contributed by atoms with Crippen molar-refractivity contribution < 1.29 is 9.31 Å². The van der Waals surface area contributed by atoms with Crippen molar-refractivity contribution >= 4 is 7.12 Å². The summed E-state index contributed by atoms with van der Waals surface area (Å²) in [6.07, 6.45) is 1.77. The fourth-order valence-corrected chi connectivity index (χ4v) is 4.48. The van der Waals surface area contributed by atoms with Gasteiger partial charge in [0.05, 0.1) is 11.2 Å². The normalized spacial score (nSPS) is 17.9. The predicted molar refractivity (Wildman–Crippen MR) is 137 cm³/mol. The lowest BCUT2D eigenvalue weighted by molar-refractivity contribution is 0.00578. The van der Waals surface area contributed by atoms with Gasteiger partial charge in [0, 0.05) is 19.1 Å². The van der Waals surface area contributed by atoms with Crippen molar-refractivity contribution in [3.05, 3.63) is 108 Å². The highest BCUT2D eigenvalue weighted by molar-refractivity contribution is 6.45. The molecule has 1 atom stereocenters. The molecule has 0 spiro atoms. The van der Waals surface area contributed by atoms with Gasteiger partial charge in [0.25, 0.3) is 0 Å². The molecule has 33 heavy (non-hydrogen) atoms. The van der Waals surface area contributed by atoms with Gasteiger partial charge in [-0.25, -0.2) is 0 Å². The second-order valence-electron chi connectivity index (χ2n) is 10.1. The molecule has 0 saturated carbocycles.